The molecule has 2 aromatic carbocycles. The monoisotopic (exact) mass is 364 g/mol. The van der Waals surface area contributed by atoms with Gasteiger partial charge in [-0.1, -0.05) is 42.5 Å². The minimum Gasteiger partial charge on any atom is -0.383 e. The Labute approximate surface area is 158 Å². The predicted octanol–water partition coefficient (Wildman–Crippen LogP) is 4.05. The zero-order chi connectivity index (χ0) is 18.6. The van der Waals surface area contributed by atoms with Gasteiger partial charge in [-0.25, -0.2) is 4.79 Å². The van der Waals surface area contributed by atoms with Crippen LogP contribution in [0, 0.1) is 0 Å². The number of urea groups is 1. The fourth-order valence-corrected chi connectivity index (χ4v) is 3.80. The van der Waals surface area contributed by atoms with E-state index in [1.807, 2.05) is 17.2 Å². The Morgan fingerprint density at radius 1 is 1.26 bits per heavy atom. The maximum Gasteiger partial charge on any atom is 0.322 e. The van der Waals surface area contributed by atoms with Crippen LogP contribution in [-0.2, 0) is 11.3 Å². The summed E-state index contributed by atoms with van der Waals surface area (Å²) >= 11 is 0. The molecule has 1 saturated heterocycles. The summed E-state index contributed by atoms with van der Waals surface area (Å²) in [7, 11) is 1.66. The first kappa shape index (κ1) is 17.5. The van der Waals surface area contributed by atoms with Crippen molar-refractivity contribution in [2.75, 3.05) is 25.6 Å². The van der Waals surface area contributed by atoms with Crippen LogP contribution >= 0.6 is 0 Å². The highest BCUT2D eigenvalue weighted by Gasteiger charge is 2.31. The Morgan fingerprint density at radius 2 is 2.11 bits per heavy atom. The molecule has 0 bridgehead atoms. The number of anilines is 1. The Bertz CT molecular complexity index is 931. The summed E-state index contributed by atoms with van der Waals surface area (Å²) in [4.78, 5) is 14.8. The molecule has 1 atom stereocenters. The molecule has 6 heteroatoms. The lowest BCUT2D eigenvalue weighted by Crippen LogP contribution is -2.34. The molecule has 0 aliphatic carbocycles. The number of carbonyl (C=O) groups excluding carboxylic acids is 1. The van der Waals surface area contributed by atoms with Crippen molar-refractivity contribution in [2.24, 2.45) is 0 Å². The summed E-state index contributed by atoms with van der Waals surface area (Å²) in [5, 5.41) is 9.68. The first-order chi connectivity index (χ1) is 13.3. The van der Waals surface area contributed by atoms with Gasteiger partial charge in [0.2, 0.25) is 0 Å². The number of amides is 2. The molecule has 3 aromatic rings. The van der Waals surface area contributed by atoms with Crippen molar-refractivity contribution in [3.8, 4) is 0 Å². The van der Waals surface area contributed by atoms with E-state index in [1.165, 1.54) is 16.3 Å². The third-order valence-corrected chi connectivity index (χ3v) is 5.11. The maximum atomic E-state index is 12.9. The van der Waals surface area contributed by atoms with Gasteiger partial charge in [-0.05, 0) is 29.2 Å². The van der Waals surface area contributed by atoms with Crippen LogP contribution in [-0.4, -0.2) is 41.0 Å². The molecule has 2 amide bonds. The maximum absolute atomic E-state index is 12.9. The number of ether oxygens (including phenoxy) is 1. The van der Waals surface area contributed by atoms with Gasteiger partial charge in [-0.2, -0.15) is 5.10 Å². The highest BCUT2D eigenvalue weighted by atomic mass is 16.5. The van der Waals surface area contributed by atoms with E-state index >= 15 is 0 Å². The van der Waals surface area contributed by atoms with Crippen LogP contribution in [0.1, 0.15) is 24.4 Å². The molecule has 1 unspecified atom stereocenters. The first-order valence-corrected chi connectivity index (χ1v) is 9.33. The van der Waals surface area contributed by atoms with Gasteiger partial charge in [0, 0.05) is 19.9 Å². The van der Waals surface area contributed by atoms with E-state index in [4.69, 9.17) is 4.74 Å². The quantitative estimate of drug-likeness (QED) is 0.743. The summed E-state index contributed by atoms with van der Waals surface area (Å²) in [5.41, 5.74) is 1.93. The minimum absolute atomic E-state index is 0.0725. The Balaban J connectivity index is 1.52. The lowest BCUT2D eigenvalue weighted by atomic mass is 9.97. The molecule has 4 rings (SSSR count). The molecule has 0 radical (unpaired) electrons. The number of rotatable bonds is 5. The molecular formula is C21H24N4O2. The zero-order valence-electron chi connectivity index (χ0n) is 15.5. The fourth-order valence-electron chi connectivity index (χ4n) is 3.80. The number of fused-ring (bicyclic) bond motifs is 1. The number of hydrogen-bond acceptors (Lipinski definition) is 3. The topological polar surface area (TPSA) is 59.4 Å². The van der Waals surface area contributed by atoms with Crippen molar-refractivity contribution in [3.63, 3.8) is 0 Å². The number of likely N-dealkylation sites (tertiary alicyclic amines) is 1. The number of methoxy groups -OCH3 is 1. The molecule has 1 aliphatic rings. The largest absolute Gasteiger partial charge is 0.383 e. The van der Waals surface area contributed by atoms with Crippen LogP contribution in [0.5, 0.6) is 0 Å². The summed E-state index contributed by atoms with van der Waals surface area (Å²) < 4.78 is 6.83. The van der Waals surface area contributed by atoms with Crippen molar-refractivity contribution >= 4 is 22.5 Å². The number of hydrogen-bond donors (Lipinski definition) is 1. The van der Waals surface area contributed by atoms with Gasteiger partial charge in [-0.15, -0.1) is 0 Å². The molecule has 1 aromatic heterocycles. The van der Waals surface area contributed by atoms with Gasteiger partial charge in [0.1, 0.15) is 0 Å². The van der Waals surface area contributed by atoms with E-state index < -0.39 is 0 Å². The highest BCUT2D eigenvalue weighted by Crippen LogP contribution is 2.36. The second-order valence-electron chi connectivity index (χ2n) is 6.83. The Hall–Kier alpha value is -2.86. The number of nitrogens with zero attached hydrogens (tertiary/aromatic N) is 3. The van der Waals surface area contributed by atoms with Gasteiger partial charge < -0.3 is 15.0 Å². The lowest BCUT2D eigenvalue weighted by Gasteiger charge is -2.26. The average molecular weight is 364 g/mol. The first-order valence-electron chi connectivity index (χ1n) is 9.33. The third kappa shape index (κ3) is 3.66. The van der Waals surface area contributed by atoms with Crippen molar-refractivity contribution in [2.45, 2.75) is 25.4 Å². The summed E-state index contributed by atoms with van der Waals surface area (Å²) in [5.74, 6) is 0. The van der Waals surface area contributed by atoms with E-state index in [2.05, 4.69) is 46.8 Å². The fraction of sp³-hybridized carbons (Fsp3) is 0.333. The van der Waals surface area contributed by atoms with Crippen molar-refractivity contribution in [1.29, 1.82) is 0 Å². The minimum atomic E-state index is -0.0725. The van der Waals surface area contributed by atoms with Crippen LogP contribution in [0.4, 0.5) is 10.5 Å². The molecular weight excluding hydrogens is 340 g/mol. The Morgan fingerprint density at radius 3 is 3.00 bits per heavy atom. The van der Waals surface area contributed by atoms with Crippen LogP contribution < -0.4 is 5.32 Å². The van der Waals surface area contributed by atoms with E-state index in [9.17, 15) is 4.79 Å². The standard InChI is InChI=1S/C21H24N4O2/c1-27-13-12-24-15-17(14-22-24)23-21(26)25-11-5-10-20(25)19-9-4-7-16-6-2-3-8-18(16)19/h2-4,6-9,14-15,20H,5,10-13H2,1H3,(H,23,26). The van der Waals surface area contributed by atoms with Crippen LogP contribution in [0.15, 0.2) is 54.9 Å². The highest BCUT2D eigenvalue weighted by molar-refractivity contribution is 5.91. The van der Waals surface area contributed by atoms with Crippen molar-refractivity contribution in [3.05, 3.63) is 60.4 Å². The lowest BCUT2D eigenvalue weighted by molar-refractivity contribution is 0.183. The van der Waals surface area contributed by atoms with Gasteiger partial charge in [-0.3, -0.25) is 4.68 Å². The van der Waals surface area contributed by atoms with Crippen molar-refractivity contribution in [1.82, 2.24) is 14.7 Å². The molecule has 140 valence electrons. The Kier molecular flexibility index (Phi) is 5.07. The summed E-state index contributed by atoms with van der Waals surface area (Å²) in [6.45, 7) is 2.01. The predicted molar refractivity (Wildman–Crippen MR) is 106 cm³/mol. The number of nitrogens with one attached hydrogen (secondary N) is 1. The smallest absolute Gasteiger partial charge is 0.322 e. The van der Waals surface area contributed by atoms with Crippen molar-refractivity contribution < 1.29 is 9.53 Å². The van der Waals surface area contributed by atoms with Gasteiger partial charge >= 0.3 is 6.03 Å². The molecule has 6 nitrogen and oxygen atoms in total. The molecule has 2 heterocycles. The second kappa shape index (κ2) is 7.80. The average Bonchev–Trinajstić information content (AvgIpc) is 3.35. The summed E-state index contributed by atoms with van der Waals surface area (Å²) in [6.07, 6.45) is 5.50. The number of aromatic nitrogens is 2. The van der Waals surface area contributed by atoms with E-state index in [0.29, 0.717) is 18.8 Å². The molecule has 1 N–H and O–H groups in total. The van der Waals surface area contributed by atoms with Gasteiger partial charge in [0.25, 0.3) is 0 Å². The molecule has 1 aliphatic heterocycles. The van der Waals surface area contributed by atoms with Crippen LogP contribution in [0.2, 0.25) is 0 Å². The third-order valence-electron chi connectivity index (χ3n) is 5.11. The summed E-state index contributed by atoms with van der Waals surface area (Å²) in [6, 6.07) is 14.7. The molecule has 0 spiro atoms. The van der Waals surface area contributed by atoms with E-state index in [0.717, 1.165) is 19.4 Å². The second-order valence-corrected chi connectivity index (χ2v) is 6.83. The number of benzene rings is 2. The zero-order valence-corrected chi connectivity index (χ0v) is 15.5. The molecule has 1 fully saturated rings. The van der Waals surface area contributed by atoms with E-state index in [1.54, 1.807) is 18.0 Å². The normalized spacial score (nSPS) is 16.8. The molecule has 0 saturated carbocycles. The van der Waals surface area contributed by atoms with Crippen LogP contribution in [0.25, 0.3) is 10.8 Å². The van der Waals surface area contributed by atoms with Gasteiger partial charge in [0.05, 0.1) is 31.1 Å². The number of carbonyl (C=O) groups is 1. The van der Waals surface area contributed by atoms with Gasteiger partial charge in [0.15, 0.2) is 0 Å². The van der Waals surface area contributed by atoms with E-state index in [-0.39, 0.29) is 12.1 Å². The van der Waals surface area contributed by atoms with Crippen LogP contribution in [0.3, 0.4) is 0 Å². The SMILES string of the molecule is COCCn1cc(NC(=O)N2CCCC2c2cccc3ccccc23)cn1. The molecule has 27 heavy (non-hydrogen) atoms.